The molecule has 0 aromatic carbocycles. The minimum atomic E-state index is -3.18. The number of Topliss-reactive ketones (excluding diaryl/α,β-unsaturated/α-hetero) is 1. The molecule has 0 unspecified atom stereocenters. The molecule has 3 amide bonds. The van der Waals surface area contributed by atoms with Gasteiger partial charge in [0, 0.05) is 38.6 Å². The molecule has 1 aromatic rings. The van der Waals surface area contributed by atoms with Crippen LogP contribution in [0.4, 0.5) is 14.6 Å². The number of carbonyl (C=O) groups excluding carboxylic acids is 4. The zero-order valence-electron chi connectivity index (χ0n) is 20.2. The first-order valence-electron chi connectivity index (χ1n) is 12.2. The summed E-state index contributed by atoms with van der Waals surface area (Å²) in [5.41, 5.74) is -2.21. The van der Waals surface area contributed by atoms with E-state index in [1.807, 2.05) is 6.92 Å². The zero-order chi connectivity index (χ0) is 25.4. The Hall–Kier alpha value is -2.85. The molecule has 1 aromatic heterocycles. The van der Waals surface area contributed by atoms with Crippen LogP contribution in [-0.4, -0.2) is 50.8 Å². The lowest BCUT2D eigenvalue weighted by Gasteiger charge is -2.46. The van der Waals surface area contributed by atoms with E-state index in [1.165, 1.54) is 13.0 Å². The van der Waals surface area contributed by atoms with E-state index in [-0.39, 0.29) is 11.2 Å². The molecule has 3 fully saturated rings. The molecule has 9 nitrogen and oxygen atoms in total. The molecule has 11 heteroatoms. The van der Waals surface area contributed by atoms with Gasteiger partial charge in [-0.05, 0) is 43.4 Å². The summed E-state index contributed by atoms with van der Waals surface area (Å²) in [4.78, 5) is 50.6. The molecule has 3 aliphatic carbocycles. The van der Waals surface area contributed by atoms with Gasteiger partial charge in [-0.2, -0.15) is 5.10 Å². The largest absolute Gasteiger partial charge is 0.345 e. The third-order valence-electron chi connectivity index (χ3n) is 7.35. The van der Waals surface area contributed by atoms with E-state index in [9.17, 15) is 28.0 Å². The summed E-state index contributed by atoms with van der Waals surface area (Å²) in [6, 6.07) is 0.541. The van der Waals surface area contributed by atoms with Crippen LogP contribution in [0.15, 0.2) is 12.3 Å². The first-order chi connectivity index (χ1) is 16.4. The first-order valence-corrected chi connectivity index (χ1v) is 12.2. The van der Waals surface area contributed by atoms with Crippen molar-refractivity contribution in [3.63, 3.8) is 0 Å². The van der Waals surface area contributed by atoms with Crippen molar-refractivity contribution in [1.82, 2.24) is 20.4 Å². The molecule has 3 N–H and O–H groups in total. The second-order valence-corrected chi connectivity index (χ2v) is 10.9. The number of nitrogens with zero attached hydrogens (tertiary/aromatic N) is 2. The maximum atomic E-state index is 13.9. The minimum absolute atomic E-state index is 0.141. The molecule has 4 rings (SSSR count). The highest BCUT2D eigenvalue weighted by Gasteiger charge is 2.63. The average Bonchev–Trinajstić information content (AvgIpc) is 3.28. The number of ketones is 1. The van der Waals surface area contributed by atoms with Gasteiger partial charge in [0.05, 0.1) is 0 Å². The van der Waals surface area contributed by atoms with Crippen LogP contribution in [0.25, 0.3) is 0 Å². The van der Waals surface area contributed by atoms with E-state index in [0.717, 1.165) is 38.5 Å². The summed E-state index contributed by atoms with van der Waals surface area (Å²) in [5.74, 6) is -5.93. The van der Waals surface area contributed by atoms with Gasteiger partial charge in [0.25, 0.3) is 11.8 Å². The summed E-state index contributed by atoms with van der Waals surface area (Å²) in [5, 5.41) is 11.6. The predicted octanol–water partition coefficient (Wildman–Crippen LogP) is 2.56. The highest BCUT2D eigenvalue weighted by molar-refractivity contribution is 6.44. The Morgan fingerprint density at radius 1 is 1.17 bits per heavy atom. The Labute approximate surface area is 202 Å². The SMILES string of the molecule is CC(=O)N[C@@H](CC1(C)CCCC1)C(=O)NC1(C(=O)C(=O)Nc2ccn(CC3CC3)n2)CC(F)(F)C1. The van der Waals surface area contributed by atoms with Gasteiger partial charge in [-0.1, -0.05) is 19.8 Å². The van der Waals surface area contributed by atoms with Crippen molar-refractivity contribution < 1.29 is 28.0 Å². The van der Waals surface area contributed by atoms with Crippen LogP contribution >= 0.6 is 0 Å². The van der Waals surface area contributed by atoms with Gasteiger partial charge in [0.2, 0.25) is 17.6 Å². The number of halogens is 2. The molecule has 1 heterocycles. The molecular weight excluding hydrogens is 460 g/mol. The molecule has 35 heavy (non-hydrogen) atoms. The topological polar surface area (TPSA) is 122 Å². The maximum Gasteiger partial charge on any atom is 0.295 e. The Morgan fingerprint density at radius 3 is 2.40 bits per heavy atom. The number of aromatic nitrogens is 2. The zero-order valence-corrected chi connectivity index (χ0v) is 20.2. The van der Waals surface area contributed by atoms with Gasteiger partial charge in [-0.25, -0.2) is 8.78 Å². The third kappa shape index (κ3) is 6.05. The smallest absolute Gasteiger partial charge is 0.295 e. The number of rotatable bonds is 10. The minimum Gasteiger partial charge on any atom is -0.345 e. The van der Waals surface area contributed by atoms with Crippen LogP contribution in [0.2, 0.25) is 0 Å². The van der Waals surface area contributed by atoms with Gasteiger partial charge in [0.15, 0.2) is 5.82 Å². The molecule has 0 bridgehead atoms. The van der Waals surface area contributed by atoms with E-state index in [4.69, 9.17) is 0 Å². The molecule has 3 aliphatic rings. The molecule has 0 aliphatic heterocycles. The summed E-state index contributed by atoms with van der Waals surface area (Å²) >= 11 is 0. The number of anilines is 1. The van der Waals surface area contributed by atoms with Gasteiger partial charge >= 0.3 is 0 Å². The van der Waals surface area contributed by atoms with Gasteiger partial charge < -0.3 is 16.0 Å². The fourth-order valence-electron chi connectivity index (χ4n) is 5.33. The molecular formula is C24H33F2N5O4. The standard InChI is InChI=1S/C24H33F2N5O4/c1-15(32)27-17(11-22(2)8-3-4-9-22)20(34)29-23(13-24(25,26)14-23)19(33)21(35)28-18-7-10-31(30-18)12-16-5-6-16/h7,10,16-17H,3-6,8-9,11-14H2,1-2H3,(H,27,32)(H,29,34)(H,28,30,35)/t17-/m0/s1. The Balaban J connectivity index is 1.45. The van der Waals surface area contributed by atoms with Crippen molar-refractivity contribution in [2.75, 3.05) is 5.32 Å². The van der Waals surface area contributed by atoms with Crippen molar-refractivity contribution in [2.24, 2.45) is 11.3 Å². The first kappa shape index (κ1) is 25.2. The van der Waals surface area contributed by atoms with E-state index in [0.29, 0.717) is 18.9 Å². The Morgan fingerprint density at radius 2 is 1.83 bits per heavy atom. The normalized spacial score (nSPS) is 22.5. The van der Waals surface area contributed by atoms with Crippen molar-refractivity contribution in [1.29, 1.82) is 0 Å². The van der Waals surface area contributed by atoms with Gasteiger partial charge in [-0.15, -0.1) is 0 Å². The van der Waals surface area contributed by atoms with E-state index >= 15 is 0 Å². The Bertz CT molecular complexity index is 1010. The number of alkyl halides is 2. The second kappa shape index (κ2) is 9.31. The summed E-state index contributed by atoms with van der Waals surface area (Å²) in [6.45, 7) is 4.00. The average molecular weight is 494 g/mol. The molecule has 3 saturated carbocycles. The summed E-state index contributed by atoms with van der Waals surface area (Å²) in [6.07, 6.45) is 6.08. The van der Waals surface area contributed by atoms with E-state index in [1.54, 1.807) is 10.9 Å². The van der Waals surface area contributed by atoms with Crippen molar-refractivity contribution in [3.05, 3.63) is 12.3 Å². The highest BCUT2D eigenvalue weighted by atomic mass is 19.3. The maximum absolute atomic E-state index is 13.9. The summed E-state index contributed by atoms with van der Waals surface area (Å²) < 4.78 is 29.5. The lowest BCUT2D eigenvalue weighted by atomic mass is 9.69. The van der Waals surface area contributed by atoms with E-state index < -0.39 is 53.8 Å². The number of carbonyl (C=O) groups is 4. The van der Waals surface area contributed by atoms with Crippen LogP contribution < -0.4 is 16.0 Å². The van der Waals surface area contributed by atoms with Crippen LogP contribution in [0.3, 0.4) is 0 Å². The molecule has 1 atom stereocenters. The van der Waals surface area contributed by atoms with E-state index in [2.05, 4.69) is 21.0 Å². The fraction of sp³-hybridized carbons (Fsp3) is 0.708. The molecule has 0 saturated heterocycles. The lowest BCUT2D eigenvalue weighted by Crippen LogP contribution is -2.70. The fourth-order valence-corrected chi connectivity index (χ4v) is 5.33. The summed E-state index contributed by atoms with van der Waals surface area (Å²) in [7, 11) is 0. The third-order valence-corrected chi connectivity index (χ3v) is 7.35. The highest BCUT2D eigenvalue weighted by Crippen LogP contribution is 2.47. The van der Waals surface area contributed by atoms with Gasteiger partial charge in [-0.3, -0.25) is 23.9 Å². The monoisotopic (exact) mass is 493 g/mol. The van der Waals surface area contributed by atoms with Crippen LogP contribution in [-0.2, 0) is 25.7 Å². The molecule has 0 radical (unpaired) electrons. The number of hydrogen-bond acceptors (Lipinski definition) is 5. The van der Waals surface area contributed by atoms with Crippen molar-refractivity contribution >= 4 is 29.3 Å². The molecule has 0 spiro atoms. The molecule has 192 valence electrons. The second-order valence-electron chi connectivity index (χ2n) is 10.9. The van der Waals surface area contributed by atoms with Crippen LogP contribution in [0.1, 0.15) is 71.6 Å². The van der Waals surface area contributed by atoms with Crippen molar-refractivity contribution in [2.45, 2.75) is 95.7 Å². The van der Waals surface area contributed by atoms with Crippen LogP contribution in [0.5, 0.6) is 0 Å². The van der Waals surface area contributed by atoms with Crippen LogP contribution in [0, 0.1) is 11.3 Å². The number of nitrogens with one attached hydrogen (secondary N) is 3. The predicted molar refractivity (Wildman–Crippen MR) is 122 cm³/mol. The Kier molecular flexibility index (Phi) is 6.72. The quantitative estimate of drug-likeness (QED) is 0.433. The number of amides is 3. The van der Waals surface area contributed by atoms with Gasteiger partial charge in [0.1, 0.15) is 11.6 Å². The number of hydrogen-bond donors (Lipinski definition) is 3. The van der Waals surface area contributed by atoms with Crippen molar-refractivity contribution in [3.8, 4) is 0 Å². The lowest BCUT2D eigenvalue weighted by molar-refractivity contribution is -0.167.